The summed E-state index contributed by atoms with van der Waals surface area (Å²) in [6, 6.07) is 9.87. The van der Waals surface area contributed by atoms with Crippen LogP contribution in [0.2, 0.25) is 0 Å². The summed E-state index contributed by atoms with van der Waals surface area (Å²) in [4.78, 5) is 0.396. The molecule has 2 aromatic rings. The van der Waals surface area contributed by atoms with Crippen molar-refractivity contribution in [3.63, 3.8) is 0 Å². The van der Waals surface area contributed by atoms with Gasteiger partial charge in [0, 0.05) is 11.3 Å². The van der Waals surface area contributed by atoms with Crippen molar-refractivity contribution in [2.24, 2.45) is 0 Å². The normalized spacial score (nSPS) is 15.2. The molecule has 0 bridgehead atoms. The number of hydrogen-bond donors (Lipinski definition) is 2. The monoisotopic (exact) mass is 287 g/mol. The first-order chi connectivity index (χ1) is 9.54. The van der Waals surface area contributed by atoms with E-state index < -0.39 is 9.84 Å². The molecule has 20 heavy (non-hydrogen) atoms. The van der Waals surface area contributed by atoms with Gasteiger partial charge in [0.05, 0.1) is 16.4 Å². The molecular formula is C15H13NO3S. The van der Waals surface area contributed by atoms with E-state index in [4.69, 9.17) is 5.73 Å². The van der Waals surface area contributed by atoms with Crippen LogP contribution >= 0.6 is 0 Å². The van der Waals surface area contributed by atoms with E-state index in [2.05, 4.69) is 0 Å². The number of anilines is 1. The van der Waals surface area contributed by atoms with E-state index in [1.165, 1.54) is 6.07 Å². The minimum Gasteiger partial charge on any atom is -0.398 e. The molecule has 3 N–H and O–H groups in total. The summed E-state index contributed by atoms with van der Waals surface area (Å²) in [5.41, 5.74) is 7.85. The van der Waals surface area contributed by atoms with Crippen molar-refractivity contribution in [2.45, 2.75) is 16.4 Å². The first kappa shape index (κ1) is 12.9. The van der Waals surface area contributed by atoms with Crippen LogP contribution in [-0.2, 0) is 16.4 Å². The predicted octanol–water partition coefficient (Wildman–Crippen LogP) is 2.08. The van der Waals surface area contributed by atoms with Crippen LogP contribution in [0.3, 0.4) is 0 Å². The molecule has 0 fully saturated rings. The average Bonchev–Trinajstić information content (AvgIpc) is 2.55. The third-order valence-electron chi connectivity index (χ3n) is 3.34. The van der Waals surface area contributed by atoms with Gasteiger partial charge >= 0.3 is 0 Å². The molecule has 0 amide bonds. The SMILES string of the molecule is Nc1cc(CO)cc2c1C=Cc1ccccc1S2(=O)=O. The molecule has 4 nitrogen and oxygen atoms in total. The van der Waals surface area contributed by atoms with Crippen molar-refractivity contribution in [3.8, 4) is 0 Å². The predicted molar refractivity (Wildman–Crippen MR) is 77.6 cm³/mol. The van der Waals surface area contributed by atoms with Gasteiger partial charge in [0.25, 0.3) is 0 Å². The number of rotatable bonds is 1. The number of aliphatic hydroxyl groups excluding tert-OH is 1. The molecule has 0 atom stereocenters. The van der Waals surface area contributed by atoms with Gasteiger partial charge in [-0.05, 0) is 29.3 Å². The molecule has 2 aromatic carbocycles. The molecule has 0 saturated heterocycles. The Kier molecular flexibility index (Phi) is 2.88. The van der Waals surface area contributed by atoms with Crippen molar-refractivity contribution >= 4 is 27.7 Å². The van der Waals surface area contributed by atoms with Crippen LogP contribution in [0.1, 0.15) is 16.7 Å². The maximum atomic E-state index is 12.8. The smallest absolute Gasteiger partial charge is 0.207 e. The standard InChI is InChI=1S/C15H13NO3S/c16-13-7-10(9-17)8-15-12(13)6-5-11-3-1-2-4-14(11)20(15,18)19/h1-8,17H,9,16H2. The van der Waals surface area contributed by atoms with Crippen molar-refractivity contribution < 1.29 is 13.5 Å². The lowest BCUT2D eigenvalue weighted by molar-refractivity contribution is 0.281. The minimum atomic E-state index is -3.65. The second kappa shape index (κ2) is 4.47. The third-order valence-corrected chi connectivity index (χ3v) is 5.21. The highest BCUT2D eigenvalue weighted by Crippen LogP contribution is 2.35. The third kappa shape index (κ3) is 1.83. The molecule has 1 aliphatic rings. The van der Waals surface area contributed by atoms with Gasteiger partial charge in [-0.1, -0.05) is 30.4 Å². The van der Waals surface area contributed by atoms with Crippen LogP contribution in [0.5, 0.6) is 0 Å². The number of sulfone groups is 1. The van der Waals surface area contributed by atoms with Gasteiger partial charge in [-0.3, -0.25) is 0 Å². The van der Waals surface area contributed by atoms with Crippen LogP contribution in [0.15, 0.2) is 46.2 Å². The Morgan fingerprint density at radius 2 is 1.80 bits per heavy atom. The summed E-state index contributed by atoms with van der Waals surface area (Å²) in [6.45, 7) is -0.252. The minimum absolute atomic E-state index is 0.141. The highest BCUT2D eigenvalue weighted by Gasteiger charge is 2.26. The lowest BCUT2D eigenvalue weighted by atomic mass is 10.1. The second-order valence-corrected chi connectivity index (χ2v) is 6.52. The molecule has 1 heterocycles. The summed E-state index contributed by atoms with van der Waals surface area (Å²) in [5, 5.41) is 9.23. The fourth-order valence-electron chi connectivity index (χ4n) is 2.35. The topological polar surface area (TPSA) is 80.4 Å². The Labute approximate surface area is 117 Å². The van der Waals surface area contributed by atoms with Gasteiger partial charge in [-0.25, -0.2) is 8.42 Å². The largest absolute Gasteiger partial charge is 0.398 e. The van der Waals surface area contributed by atoms with E-state index in [0.29, 0.717) is 22.4 Å². The van der Waals surface area contributed by atoms with Crippen LogP contribution in [0.4, 0.5) is 5.69 Å². The number of fused-ring (bicyclic) bond motifs is 2. The Morgan fingerprint density at radius 1 is 1.05 bits per heavy atom. The first-order valence-corrected chi connectivity index (χ1v) is 7.58. The Balaban J connectivity index is 2.41. The van der Waals surface area contributed by atoms with Crippen molar-refractivity contribution in [3.05, 3.63) is 53.1 Å². The van der Waals surface area contributed by atoms with Crippen LogP contribution in [-0.4, -0.2) is 13.5 Å². The molecule has 0 unspecified atom stereocenters. The van der Waals surface area contributed by atoms with E-state index in [1.54, 1.807) is 42.5 Å². The van der Waals surface area contributed by atoms with Crippen molar-refractivity contribution in [1.82, 2.24) is 0 Å². The quantitative estimate of drug-likeness (QED) is 0.671. The highest BCUT2D eigenvalue weighted by atomic mass is 32.2. The number of hydrogen-bond acceptors (Lipinski definition) is 4. The zero-order valence-electron chi connectivity index (χ0n) is 10.6. The van der Waals surface area contributed by atoms with Gasteiger partial charge in [-0.2, -0.15) is 0 Å². The molecule has 1 aliphatic heterocycles. The zero-order chi connectivity index (χ0) is 14.3. The van der Waals surface area contributed by atoms with Crippen molar-refractivity contribution in [2.75, 3.05) is 5.73 Å². The maximum absolute atomic E-state index is 12.8. The molecule has 0 spiro atoms. The summed E-state index contributed by atoms with van der Waals surface area (Å²) in [6.07, 6.45) is 3.45. The van der Waals surface area contributed by atoms with E-state index in [0.717, 1.165) is 0 Å². The molecule has 3 rings (SSSR count). The lowest BCUT2D eigenvalue weighted by Crippen LogP contribution is -2.07. The van der Waals surface area contributed by atoms with E-state index in [-0.39, 0.29) is 16.4 Å². The van der Waals surface area contributed by atoms with Crippen LogP contribution < -0.4 is 5.73 Å². The summed E-state index contributed by atoms with van der Waals surface area (Å²) >= 11 is 0. The number of aliphatic hydroxyl groups is 1. The lowest BCUT2D eigenvalue weighted by Gasteiger charge is -2.11. The molecule has 5 heteroatoms. The summed E-state index contributed by atoms with van der Waals surface area (Å²) < 4.78 is 25.5. The fraction of sp³-hybridized carbons (Fsp3) is 0.0667. The zero-order valence-corrected chi connectivity index (χ0v) is 11.4. The number of nitrogens with two attached hydrogens (primary N) is 1. The van der Waals surface area contributed by atoms with E-state index >= 15 is 0 Å². The molecule has 0 saturated carbocycles. The Morgan fingerprint density at radius 3 is 2.55 bits per heavy atom. The number of benzene rings is 2. The molecule has 102 valence electrons. The van der Waals surface area contributed by atoms with E-state index in [1.807, 2.05) is 0 Å². The van der Waals surface area contributed by atoms with Crippen LogP contribution in [0, 0.1) is 0 Å². The second-order valence-electron chi connectivity index (χ2n) is 4.63. The van der Waals surface area contributed by atoms with Gasteiger partial charge < -0.3 is 10.8 Å². The highest BCUT2D eigenvalue weighted by molar-refractivity contribution is 7.91. The Bertz CT molecular complexity index is 823. The Hall–Kier alpha value is -2.11. The molecule has 0 aliphatic carbocycles. The fourth-order valence-corrected chi connectivity index (χ4v) is 4.08. The summed E-state index contributed by atoms with van der Waals surface area (Å²) in [5.74, 6) is 0. The molecule has 0 aromatic heterocycles. The maximum Gasteiger partial charge on any atom is 0.207 e. The van der Waals surface area contributed by atoms with Gasteiger partial charge in [0.15, 0.2) is 0 Å². The van der Waals surface area contributed by atoms with Gasteiger partial charge in [-0.15, -0.1) is 0 Å². The summed E-state index contributed by atoms with van der Waals surface area (Å²) in [7, 11) is -3.65. The average molecular weight is 287 g/mol. The molecule has 0 radical (unpaired) electrons. The number of nitrogen functional groups attached to an aromatic ring is 1. The van der Waals surface area contributed by atoms with Crippen molar-refractivity contribution in [1.29, 1.82) is 0 Å². The van der Waals surface area contributed by atoms with Crippen LogP contribution in [0.25, 0.3) is 12.2 Å². The first-order valence-electron chi connectivity index (χ1n) is 6.09. The van der Waals surface area contributed by atoms with E-state index in [9.17, 15) is 13.5 Å². The van der Waals surface area contributed by atoms with Gasteiger partial charge in [0.1, 0.15) is 0 Å². The van der Waals surface area contributed by atoms with Gasteiger partial charge in [0.2, 0.25) is 9.84 Å². The molecular weight excluding hydrogens is 274 g/mol.